The topological polar surface area (TPSA) is 95.1 Å². The number of hydrogen-bond acceptors (Lipinski definition) is 5. The number of benzene rings is 2. The van der Waals surface area contributed by atoms with Crippen molar-refractivity contribution < 1.29 is 21.6 Å². The minimum Gasteiger partial charge on any atom is -0.336 e. The van der Waals surface area contributed by atoms with Crippen molar-refractivity contribution in [3.8, 4) is 0 Å². The van der Waals surface area contributed by atoms with E-state index in [1.807, 2.05) is 25.1 Å². The van der Waals surface area contributed by atoms with Gasteiger partial charge in [-0.05, 0) is 42.7 Å². The van der Waals surface area contributed by atoms with Gasteiger partial charge in [-0.3, -0.25) is 9.10 Å². The van der Waals surface area contributed by atoms with E-state index >= 15 is 0 Å². The molecule has 2 aromatic carbocycles. The molecule has 1 unspecified atom stereocenters. The van der Waals surface area contributed by atoms with Crippen LogP contribution in [0.4, 0.5) is 5.69 Å². The molecule has 2 aliphatic rings. The number of carbonyl (C=O) groups excluding carboxylic acids is 1. The molecule has 1 amide bonds. The summed E-state index contributed by atoms with van der Waals surface area (Å²) < 4.78 is 52.5. The molecule has 0 N–H and O–H groups in total. The van der Waals surface area contributed by atoms with Crippen LogP contribution >= 0.6 is 0 Å². The number of piperazine rings is 1. The molecule has 0 saturated carbocycles. The maximum absolute atomic E-state index is 13.0. The summed E-state index contributed by atoms with van der Waals surface area (Å²) in [6.07, 6.45) is 1.73. The molecule has 10 heteroatoms. The van der Waals surface area contributed by atoms with E-state index in [1.165, 1.54) is 14.9 Å². The first-order valence-corrected chi connectivity index (χ1v) is 14.0. The molecule has 2 aliphatic heterocycles. The van der Waals surface area contributed by atoms with Crippen LogP contribution in [0, 0.1) is 0 Å². The molecule has 0 aromatic heterocycles. The Morgan fingerprint density at radius 2 is 1.62 bits per heavy atom. The normalized spacial score (nSPS) is 19.8. The van der Waals surface area contributed by atoms with Crippen molar-refractivity contribution in [2.45, 2.75) is 25.1 Å². The summed E-state index contributed by atoms with van der Waals surface area (Å²) in [5.74, 6) is -0.222. The lowest BCUT2D eigenvalue weighted by atomic mass is 10.1. The van der Waals surface area contributed by atoms with Crippen LogP contribution in [0.15, 0.2) is 48.5 Å². The Bertz CT molecular complexity index is 1220. The zero-order chi connectivity index (χ0) is 23.1. The van der Waals surface area contributed by atoms with Gasteiger partial charge in [0.1, 0.15) is 0 Å². The van der Waals surface area contributed by atoms with Gasteiger partial charge in [-0.2, -0.15) is 4.31 Å². The fraction of sp³-hybridized carbons (Fsp3) is 0.409. The van der Waals surface area contributed by atoms with Crippen molar-refractivity contribution in [3.05, 3.63) is 65.2 Å². The number of amides is 1. The third-order valence-corrected chi connectivity index (χ3v) is 9.07. The fourth-order valence-electron chi connectivity index (χ4n) is 4.47. The number of anilines is 1. The average molecular weight is 478 g/mol. The Labute approximate surface area is 189 Å². The van der Waals surface area contributed by atoms with Crippen molar-refractivity contribution in [2.24, 2.45) is 0 Å². The van der Waals surface area contributed by atoms with Gasteiger partial charge in [0, 0.05) is 37.8 Å². The van der Waals surface area contributed by atoms with Gasteiger partial charge in [-0.15, -0.1) is 0 Å². The van der Waals surface area contributed by atoms with Crippen molar-refractivity contribution in [3.63, 3.8) is 0 Å². The Morgan fingerprint density at radius 3 is 2.25 bits per heavy atom. The van der Waals surface area contributed by atoms with Gasteiger partial charge < -0.3 is 4.90 Å². The Balaban J connectivity index is 1.43. The molecule has 8 nitrogen and oxygen atoms in total. The van der Waals surface area contributed by atoms with Crippen LogP contribution in [0.2, 0.25) is 0 Å². The lowest BCUT2D eigenvalue weighted by Crippen LogP contribution is -2.50. The van der Waals surface area contributed by atoms with Gasteiger partial charge in [0.05, 0.1) is 17.7 Å². The first kappa shape index (κ1) is 22.8. The standard InChI is InChI=1S/C22H27N3O5S2/c1-17-14-20-15-19(8-9-21(20)25(17)31(2,27)28)22(26)23-10-12-24(13-11-23)32(29,30)16-18-6-4-3-5-7-18/h3-9,15,17H,10-14,16H2,1-2H3. The molecular weight excluding hydrogens is 450 g/mol. The van der Waals surface area contributed by atoms with E-state index in [1.54, 1.807) is 35.2 Å². The quantitative estimate of drug-likeness (QED) is 0.653. The number of rotatable bonds is 5. The summed E-state index contributed by atoms with van der Waals surface area (Å²) in [6.45, 7) is 2.98. The number of carbonyl (C=O) groups is 1. The molecule has 172 valence electrons. The largest absolute Gasteiger partial charge is 0.336 e. The van der Waals surface area contributed by atoms with Gasteiger partial charge in [0.2, 0.25) is 20.0 Å². The Kier molecular flexibility index (Phi) is 6.04. The molecule has 32 heavy (non-hydrogen) atoms. The van der Waals surface area contributed by atoms with E-state index in [0.717, 1.165) is 11.1 Å². The predicted molar refractivity (Wildman–Crippen MR) is 123 cm³/mol. The fourth-order valence-corrected chi connectivity index (χ4v) is 7.25. The van der Waals surface area contributed by atoms with E-state index in [9.17, 15) is 21.6 Å². The van der Waals surface area contributed by atoms with E-state index in [-0.39, 0.29) is 30.8 Å². The van der Waals surface area contributed by atoms with E-state index < -0.39 is 20.0 Å². The second kappa shape index (κ2) is 8.49. The van der Waals surface area contributed by atoms with Crippen LogP contribution in [0.3, 0.4) is 0 Å². The maximum atomic E-state index is 13.0. The first-order valence-electron chi connectivity index (χ1n) is 10.5. The summed E-state index contributed by atoms with van der Waals surface area (Å²) in [5, 5.41) is 0. The summed E-state index contributed by atoms with van der Waals surface area (Å²) >= 11 is 0. The maximum Gasteiger partial charge on any atom is 0.253 e. The minimum absolute atomic E-state index is 0.0539. The summed E-state index contributed by atoms with van der Waals surface area (Å²) in [6, 6.07) is 14.0. The molecule has 1 saturated heterocycles. The van der Waals surface area contributed by atoms with Gasteiger partial charge >= 0.3 is 0 Å². The highest BCUT2D eigenvalue weighted by atomic mass is 32.2. The van der Waals surface area contributed by atoms with Crippen molar-refractivity contribution >= 4 is 31.6 Å². The van der Waals surface area contributed by atoms with Gasteiger partial charge in [-0.1, -0.05) is 30.3 Å². The molecule has 0 spiro atoms. The van der Waals surface area contributed by atoms with E-state index in [2.05, 4.69) is 0 Å². The molecule has 1 atom stereocenters. The molecule has 2 heterocycles. The number of nitrogens with zero attached hydrogens (tertiary/aromatic N) is 3. The van der Waals surface area contributed by atoms with E-state index in [4.69, 9.17) is 0 Å². The zero-order valence-corrected chi connectivity index (χ0v) is 19.8. The summed E-state index contributed by atoms with van der Waals surface area (Å²) in [5.41, 5.74) is 2.68. The van der Waals surface area contributed by atoms with Crippen LogP contribution < -0.4 is 4.31 Å². The highest BCUT2D eigenvalue weighted by Gasteiger charge is 2.34. The smallest absolute Gasteiger partial charge is 0.253 e. The van der Waals surface area contributed by atoms with Crippen molar-refractivity contribution in [1.82, 2.24) is 9.21 Å². The van der Waals surface area contributed by atoms with Crippen LogP contribution in [-0.4, -0.2) is 70.4 Å². The summed E-state index contributed by atoms with van der Waals surface area (Å²) in [4.78, 5) is 14.7. The first-order chi connectivity index (χ1) is 15.1. The lowest BCUT2D eigenvalue weighted by Gasteiger charge is -2.34. The highest BCUT2D eigenvalue weighted by molar-refractivity contribution is 7.92. The van der Waals surface area contributed by atoms with Crippen LogP contribution in [-0.2, 0) is 32.2 Å². The molecule has 0 aliphatic carbocycles. The number of sulfonamides is 2. The van der Waals surface area contributed by atoms with Crippen molar-refractivity contribution in [2.75, 3.05) is 36.7 Å². The van der Waals surface area contributed by atoms with Crippen molar-refractivity contribution in [1.29, 1.82) is 0 Å². The molecule has 0 radical (unpaired) electrons. The second-order valence-corrected chi connectivity index (χ2v) is 12.2. The molecule has 4 rings (SSSR count). The third kappa shape index (κ3) is 4.53. The second-order valence-electron chi connectivity index (χ2n) is 8.39. The summed E-state index contributed by atoms with van der Waals surface area (Å²) in [7, 11) is -6.84. The average Bonchev–Trinajstić information content (AvgIpc) is 3.09. The van der Waals surface area contributed by atoms with Gasteiger partial charge in [0.15, 0.2) is 0 Å². The predicted octanol–water partition coefficient (Wildman–Crippen LogP) is 1.68. The van der Waals surface area contributed by atoms with E-state index in [0.29, 0.717) is 30.8 Å². The highest BCUT2D eigenvalue weighted by Crippen LogP contribution is 2.35. The Morgan fingerprint density at radius 1 is 0.969 bits per heavy atom. The van der Waals surface area contributed by atoms with Crippen LogP contribution in [0.25, 0.3) is 0 Å². The SMILES string of the molecule is CC1Cc2cc(C(=O)N3CCN(S(=O)(=O)Cc4ccccc4)CC3)ccc2N1S(C)(=O)=O. The van der Waals surface area contributed by atoms with Crippen LogP contribution in [0.5, 0.6) is 0 Å². The monoisotopic (exact) mass is 477 g/mol. The van der Waals surface area contributed by atoms with Gasteiger partial charge in [0.25, 0.3) is 5.91 Å². The number of hydrogen-bond donors (Lipinski definition) is 0. The Hall–Kier alpha value is -2.43. The van der Waals surface area contributed by atoms with Crippen LogP contribution in [0.1, 0.15) is 28.4 Å². The molecule has 1 fully saturated rings. The number of fused-ring (bicyclic) bond motifs is 1. The molecular formula is C22H27N3O5S2. The zero-order valence-electron chi connectivity index (χ0n) is 18.1. The molecule has 2 aromatic rings. The molecule has 0 bridgehead atoms. The van der Waals surface area contributed by atoms with Gasteiger partial charge in [-0.25, -0.2) is 16.8 Å². The third-order valence-electron chi connectivity index (χ3n) is 5.95. The minimum atomic E-state index is -3.45. The lowest BCUT2D eigenvalue weighted by molar-refractivity contribution is 0.0697.